The van der Waals surface area contributed by atoms with E-state index in [1.165, 1.54) is 59.2 Å². The molecule has 0 aliphatic heterocycles. The molecule has 0 saturated heterocycles. The van der Waals surface area contributed by atoms with Crippen LogP contribution >= 0.6 is 19.4 Å². The molecule has 0 unspecified atom stereocenters. The fraction of sp³-hybridized carbons (Fsp3) is 0.455. The molecule has 2 aliphatic carbocycles. The normalized spacial score (nSPS) is 22.4. The predicted octanol–water partition coefficient (Wildman–Crippen LogP) is 7.19. The Morgan fingerprint density at radius 2 is 0.536 bits per heavy atom. The maximum absolute atomic E-state index is 4.57. The maximum Gasteiger partial charge on any atom is -0.813 e. The molecule has 0 aromatic rings. The Morgan fingerprint density at radius 1 is 0.393 bits per heavy atom. The smallest absolute Gasteiger partial charge is 0.813 e. The van der Waals surface area contributed by atoms with Crippen LogP contribution in [0.4, 0.5) is 0 Å². The van der Waals surface area contributed by atoms with Crippen LogP contribution in [0.5, 0.6) is 0 Å². The molecule has 0 bridgehead atoms. The first kappa shape index (κ1) is 37.8. The fourth-order valence-corrected chi connectivity index (χ4v) is 2.83. The SMILES string of the molecule is C[C]1[CH][C](C)[C](C)[C](C)[C]1C.C[C]1[CH][C](C)[C](C)[C](C)[C]1C.[Cl][Ru+2].[Cl][Ru+2].[SH-].[SH-]. The molecule has 2 fully saturated rings. The number of rotatable bonds is 0. The average molecular weight is 636 g/mol. The van der Waals surface area contributed by atoms with Gasteiger partial charge in [0, 0.05) is 0 Å². The van der Waals surface area contributed by atoms with E-state index in [-0.39, 0.29) is 27.0 Å². The van der Waals surface area contributed by atoms with Crippen LogP contribution in [0.2, 0.25) is 0 Å². The second kappa shape index (κ2) is 20.2. The molecule has 162 valence electrons. The van der Waals surface area contributed by atoms with Crippen LogP contribution in [0.25, 0.3) is 0 Å². The van der Waals surface area contributed by atoms with Gasteiger partial charge < -0.3 is 27.0 Å². The van der Waals surface area contributed by atoms with Crippen molar-refractivity contribution in [2.24, 2.45) is 0 Å². The van der Waals surface area contributed by atoms with Crippen molar-refractivity contribution in [1.29, 1.82) is 0 Å². The molecular formula is C22H34Cl2Ru2S2+2. The van der Waals surface area contributed by atoms with Gasteiger partial charge in [-0.25, -0.2) is 0 Å². The minimum Gasteiger partial charge on any atom is -0.813 e. The molecule has 28 heavy (non-hydrogen) atoms. The Kier molecular flexibility index (Phi) is 27.2. The second-order valence-electron chi connectivity index (χ2n) is 6.77. The molecule has 0 heterocycles. The van der Waals surface area contributed by atoms with Gasteiger partial charge in [0.15, 0.2) is 0 Å². The van der Waals surface area contributed by atoms with Crippen molar-refractivity contribution in [1.82, 2.24) is 0 Å². The Bertz CT molecular complexity index is 290. The van der Waals surface area contributed by atoms with E-state index in [4.69, 9.17) is 0 Å². The van der Waals surface area contributed by atoms with Crippen LogP contribution in [-0.4, -0.2) is 0 Å². The molecular weight excluding hydrogens is 601 g/mol. The standard InChI is InChI=1S/2C11H16.2ClH.2Ru.2H2S/c2*1-7-6-8(2)10(4)11(5)9(7)3;;;;;;/h2*6H,1-5H3;2*1H;;;2*1H2/q;;;;2*+3;;/p-4. The third kappa shape index (κ3) is 12.0. The number of hydrogen-bond donors (Lipinski definition) is 0. The van der Waals surface area contributed by atoms with Gasteiger partial charge >= 0.3 is 54.0 Å². The van der Waals surface area contributed by atoms with Gasteiger partial charge in [-0.2, -0.15) is 0 Å². The number of thiol groups is 2. The molecule has 2 rings (SSSR count). The molecule has 0 atom stereocenters. The third-order valence-corrected chi connectivity index (χ3v) is 5.48. The van der Waals surface area contributed by atoms with Crippen molar-refractivity contribution in [3.8, 4) is 0 Å². The zero-order valence-corrected chi connectivity index (χ0v) is 25.3. The first-order chi connectivity index (χ1) is 12.1. The summed E-state index contributed by atoms with van der Waals surface area (Å²) in [5.74, 6) is 14.3. The van der Waals surface area contributed by atoms with Gasteiger partial charge in [0.1, 0.15) is 0 Å². The number of hydrogen-bond acceptors (Lipinski definition) is 2. The summed E-state index contributed by atoms with van der Waals surface area (Å²) < 4.78 is 0. The summed E-state index contributed by atoms with van der Waals surface area (Å²) in [5, 5.41) is 0. The van der Waals surface area contributed by atoms with Crippen LogP contribution in [0, 0.1) is 72.0 Å². The monoisotopic (exact) mass is 636 g/mol. The van der Waals surface area contributed by atoms with E-state index in [1.807, 2.05) is 34.6 Å². The summed E-state index contributed by atoms with van der Waals surface area (Å²) in [4.78, 5) is 0. The summed E-state index contributed by atoms with van der Waals surface area (Å²) in [5.41, 5.74) is 0. The molecule has 0 aromatic carbocycles. The molecule has 0 aromatic heterocycles. The first-order valence-corrected chi connectivity index (χ1v) is 12.9. The van der Waals surface area contributed by atoms with Crippen LogP contribution < -0.4 is 0 Å². The fourth-order valence-electron chi connectivity index (χ4n) is 2.83. The van der Waals surface area contributed by atoms with Crippen molar-refractivity contribution in [2.45, 2.75) is 69.2 Å². The Morgan fingerprint density at radius 3 is 0.679 bits per heavy atom. The summed E-state index contributed by atoms with van der Waals surface area (Å²) in [6.07, 6.45) is 4.52. The van der Waals surface area contributed by atoms with E-state index in [0.717, 1.165) is 0 Å². The molecule has 6 heteroatoms. The van der Waals surface area contributed by atoms with E-state index >= 15 is 0 Å². The van der Waals surface area contributed by atoms with E-state index in [1.54, 1.807) is 0 Å². The molecule has 0 spiro atoms. The van der Waals surface area contributed by atoms with Gasteiger partial charge in [-0.15, -0.1) is 0 Å². The van der Waals surface area contributed by atoms with Crippen LogP contribution in [-0.2, 0) is 61.6 Å². The second-order valence-corrected chi connectivity index (χ2v) is 6.77. The van der Waals surface area contributed by atoms with Crippen LogP contribution in [0.1, 0.15) is 69.2 Å². The van der Waals surface area contributed by atoms with Gasteiger partial charge in [-0.1, -0.05) is 69.2 Å². The van der Waals surface area contributed by atoms with Gasteiger partial charge in [0.2, 0.25) is 0 Å². The Hall–Kier alpha value is 2.53. The van der Waals surface area contributed by atoms with Crippen LogP contribution in [0.15, 0.2) is 0 Å². The molecule has 2 aliphatic rings. The van der Waals surface area contributed by atoms with Crippen molar-refractivity contribution in [2.75, 3.05) is 0 Å². The van der Waals surface area contributed by atoms with Gasteiger partial charge in [0.25, 0.3) is 0 Å². The van der Waals surface area contributed by atoms with Crippen molar-refractivity contribution < 1.29 is 34.6 Å². The van der Waals surface area contributed by atoms with E-state index < -0.39 is 0 Å². The molecule has 0 amide bonds. The average Bonchev–Trinajstić information content (AvgIpc) is 2.65. The molecule has 2 saturated carbocycles. The zero-order chi connectivity index (χ0) is 21.2. The van der Waals surface area contributed by atoms with Crippen LogP contribution in [0.3, 0.4) is 0 Å². The largest absolute Gasteiger partial charge is 0.813 e. The Labute approximate surface area is 220 Å². The minimum atomic E-state index is 0. The zero-order valence-electron chi connectivity index (χ0n) is 18.5. The molecule has 0 N–H and O–H groups in total. The topological polar surface area (TPSA) is 0 Å². The first-order valence-electron chi connectivity index (χ1n) is 8.42. The minimum absolute atomic E-state index is 0. The van der Waals surface area contributed by atoms with Crippen molar-refractivity contribution in [3.63, 3.8) is 0 Å². The Balaban J connectivity index is -0.000000165. The van der Waals surface area contributed by atoms with Gasteiger partial charge in [0.05, 0.1) is 0 Å². The summed E-state index contributed by atoms with van der Waals surface area (Å²) in [6.45, 7) is 21.9. The van der Waals surface area contributed by atoms with E-state index in [9.17, 15) is 0 Å². The molecule has 12 radical (unpaired) electrons. The predicted molar refractivity (Wildman–Crippen MR) is 127 cm³/mol. The summed E-state index contributed by atoms with van der Waals surface area (Å²) >= 11 is 3.64. The van der Waals surface area contributed by atoms with Crippen molar-refractivity contribution >= 4 is 46.4 Å². The van der Waals surface area contributed by atoms with Crippen molar-refractivity contribution in [3.05, 3.63) is 72.0 Å². The van der Waals surface area contributed by atoms with Gasteiger partial charge in [-0.05, 0) is 72.0 Å². The quantitative estimate of drug-likeness (QED) is 0.157. The summed E-state index contributed by atoms with van der Waals surface area (Å²) in [6, 6.07) is 0. The maximum atomic E-state index is 4.57. The third-order valence-electron chi connectivity index (χ3n) is 5.48. The summed E-state index contributed by atoms with van der Waals surface area (Å²) in [7, 11) is 9.14. The number of halogens is 2. The van der Waals surface area contributed by atoms with E-state index in [2.05, 4.69) is 101 Å². The molecule has 0 nitrogen and oxygen atoms in total. The van der Waals surface area contributed by atoms with E-state index in [0.29, 0.717) is 0 Å². The van der Waals surface area contributed by atoms with Gasteiger partial charge in [-0.3, -0.25) is 0 Å².